The van der Waals surface area contributed by atoms with Gasteiger partial charge in [-0.1, -0.05) is 6.92 Å². The minimum atomic E-state index is -3.66. The molecule has 1 heterocycles. The van der Waals surface area contributed by atoms with Crippen LogP contribution in [0.4, 0.5) is 0 Å². The van der Waals surface area contributed by atoms with Crippen molar-refractivity contribution in [1.82, 2.24) is 4.72 Å². The van der Waals surface area contributed by atoms with Gasteiger partial charge >= 0.3 is 5.97 Å². The Bertz CT molecular complexity index is 549. The van der Waals surface area contributed by atoms with Gasteiger partial charge < -0.3 is 9.84 Å². The predicted molar refractivity (Wildman–Crippen MR) is 72.2 cm³/mol. The third-order valence-electron chi connectivity index (χ3n) is 2.43. The molecule has 0 aliphatic carbocycles. The van der Waals surface area contributed by atoms with Crippen LogP contribution in [0.5, 0.6) is 0 Å². The molecule has 0 spiro atoms. The summed E-state index contributed by atoms with van der Waals surface area (Å²) in [7, 11) is -2.11. The Morgan fingerprint density at radius 2 is 2.21 bits per heavy atom. The second-order valence-corrected chi connectivity index (χ2v) is 7.34. The smallest absolute Gasteiger partial charge is 0.346 e. The van der Waals surface area contributed by atoms with E-state index in [2.05, 4.69) is 4.72 Å². The summed E-state index contributed by atoms with van der Waals surface area (Å²) in [6, 6.07) is 1.37. The number of hydrogen-bond acceptors (Lipinski definition) is 5. The standard InChI is InChI=1S/C11H17NO5S2/c1-7(6-17-3)5-12-19(15,16)9-4-8(2)10(18-9)11(13)14/h4,7,12H,5-6H2,1-3H3,(H,13,14). The van der Waals surface area contributed by atoms with Gasteiger partial charge in [-0.15, -0.1) is 11.3 Å². The van der Waals surface area contributed by atoms with Crippen molar-refractivity contribution >= 4 is 27.3 Å². The van der Waals surface area contributed by atoms with Gasteiger partial charge in [0.15, 0.2) is 0 Å². The van der Waals surface area contributed by atoms with E-state index in [9.17, 15) is 13.2 Å². The van der Waals surface area contributed by atoms with Gasteiger partial charge in [-0.05, 0) is 24.5 Å². The summed E-state index contributed by atoms with van der Waals surface area (Å²) in [5.41, 5.74) is 0.447. The summed E-state index contributed by atoms with van der Waals surface area (Å²) in [6.07, 6.45) is 0. The molecule has 0 bridgehead atoms. The molecule has 0 aliphatic heterocycles. The monoisotopic (exact) mass is 307 g/mol. The first-order chi connectivity index (χ1) is 8.77. The number of carbonyl (C=O) groups is 1. The molecule has 1 rings (SSSR count). The van der Waals surface area contributed by atoms with E-state index in [0.29, 0.717) is 12.2 Å². The van der Waals surface area contributed by atoms with E-state index in [1.165, 1.54) is 6.07 Å². The van der Waals surface area contributed by atoms with Crippen molar-refractivity contribution in [3.63, 3.8) is 0 Å². The molecule has 19 heavy (non-hydrogen) atoms. The molecule has 0 saturated heterocycles. The van der Waals surface area contributed by atoms with Gasteiger partial charge in [-0.2, -0.15) is 0 Å². The molecule has 0 aliphatic rings. The number of thiophene rings is 1. The maximum atomic E-state index is 12.0. The van der Waals surface area contributed by atoms with E-state index in [0.717, 1.165) is 11.3 Å². The minimum absolute atomic E-state index is 0.0204. The van der Waals surface area contributed by atoms with Crippen molar-refractivity contribution in [3.8, 4) is 0 Å². The molecule has 0 fully saturated rings. The van der Waals surface area contributed by atoms with E-state index >= 15 is 0 Å². The zero-order chi connectivity index (χ0) is 14.6. The molecule has 6 nitrogen and oxygen atoms in total. The number of methoxy groups -OCH3 is 1. The number of carboxylic acid groups (broad SMARTS) is 1. The van der Waals surface area contributed by atoms with Crippen molar-refractivity contribution < 1.29 is 23.1 Å². The van der Waals surface area contributed by atoms with Gasteiger partial charge in [0.1, 0.15) is 9.09 Å². The van der Waals surface area contributed by atoms with Gasteiger partial charge in [-0.3, -0.25) is 0 Å². The molecule has 0 saturated carbocycles. The predicted octanol–water partition coefficient (Wildman–Crippen LogP) is 1.32. The highest BCUT2D eigenvalue weighted by molar-refractivity contribution is 7.91. The Kier molecular flexibility index (Phi) is 5.48. The average molecular weight is 307 g/mol. The molecule has 108 valence electrons. The van der Waals surface area contributed by atoms with Crippen LogP contribution in [0.25, 0.3) is 0 Å². The normalized spacial score (nSPS) is 13.4. The Hall–Kier alpha value is -0.960. The van der Waals surface area contributed by atoms with Crippen LogP contribution in [0.15, 0.2) is 10.3 Å². The zero-order valence-corrected chi connectivity index (χ0v) is 12.6. The van der Waals surface area contributed by atoms with E-state index in [4.69, 9.17) is 9.84 Å². The van der Waals surface area contributed by atoms with Crippen LogP contribution in [-0.2, 0) is 14.8 Å². The minimum Gasteiger partial charge on any atom is -0.477 e. The SMILES string of the molecule is COCC(C)CNS(=O)(=O)c1cc(C)c(C(=O)O)s1. The summed E-state index contributed by atoms with van der Waals surface area (Å²) in [6.45, 7) is 4.13. The van der Waals surface area contributed by atoms with Gasteiger partial charge in [0.2, 0.25) is 10.0 Å². The highest BCUT2D eigenvalue weighted by atomic mass is 32.2. The van der Waals surface area contributed by atoms with Crippen LogP contribution in [0, 0.1) is 12.8 Å². The molecular weight excluding hydrogens is 290 g/mol. The Balaban J connectivity index is 2.83. The van der Waals surface area contributed by atoms with Gasteiger partial charge in [-0.25, -0.2) is 17.9 Å². The third-order valence-corrected chi connectivity index (χ3v) is 5.55. The second kappa shape index (κ2) is 6.47. The highest BCUT2D eigenvalue weighted by Crippen LogP contribution is 2.25. The Morgan fingerprint density at radius 1 is 1.58 bits per heavy atom. The first-order valence-electron chi connectivity index (χ1n) is 5.60. The molecule has 8 heteroatoms. The maximum Gasteiger partial charge on any atom is 0.346 e. The number of aryl methyl sites for hydroxylation is 1. The van der Waals surface area contributed by atoms with E-state index in [1.807, 2.05) is 6.92 Å². The number of nitrogens with one attached hydrogen (secondary N) is 1. The Morgan fingerprint density at radius 3 is 2.68 bits per heavy atom. The number of carboxylic acids is 1. The van der Waals surface area contributed by atoms with Crippen molar-refractivity contribution in [3.05, 3.63) is 16.5 Å². The molecule has 1 unspecified atom stereocenters. The number of sulfonamides is 1. The average Bonchev–Trinajstić information content (AvgIpc) is 2.70. The van der Waals surface area contributed by atoms with Crippen LogP contribution >= 0.6 is 11.3 Å². The van der Waals surface area contributed by atoms with Crippen molar-refractivity contribution in [2.45, 2.75) is 18.1 Å². The highest BCUT2D eigenvalue weighted by Gasteiger charge is 2.21. The summed E-state index contributed by atoms with van der Waals surface area (Å²) < 4.78 is 31.4. The number of ether oxygens (including phenoxy) is 1. The van der Waals surface area contributed by atoms with Gasteiger partial charge in [0, 0.05) is 20.3 Å². The first kappa shape index (κ1) is 16.1. The van der Waals surface area contributed by atoms with E-state index in [-0.39, 0.29) is 21.5 Å². The molecule has 0 amide bonds. The summed E-state index contributed by atoms with van der Waals surface area (Å²) in [5.74, 6) is -1.07. The van der Waals surface area contributed by atoms with E-state index < -0.39 is 16.0 Å². The third kappa shape index (κ3) is 4.27. The summed E-state index contributed by atoms with van der Waals surface area (Å²) in [4.78, 5) is 10.9. The summed E-state index contributed by atoms with van der Waals surface area (Å²) in [5, 5.41) is 8.91. The van der Waals surface area contributed by atoms with Crippen LogP contribution in [0.1, 0.15) is 22.2 Å². The largest absolute Gasteiger partial charge is 0.477 e. The van der Waals surface area contributed by atoms with Crippen LogP contribution in [-0.4, -0.2) is 39.8 Å². The van der Waals surface area contributed by atoms with Gasteiger partial charge in [0.05, 0.1) is 0 Å². The van der Waals surface area contributed by atoms with Crippen LogP contribution in [0.2, 0.25) is 0 Å². The quantitative estimate of drug-likeness (QED) is 0.792. The van der Waals surface area contributed by atoms with E-state index in [1.54, 1.807) is 14.0 Å². The molecule has 1 aromatic rings. The first-order valence-corrected chi connectivity index (χ1v) is 7.90. The fraction of sp³-hybridized carbons (Fsp3) is 0.545. The fourth-order valence-corrected chi connectivity index (χ4v) is 4.05. The number of hydrogen-bond donors (Lipinski definition) is 2. The molecule has 0 aromatic carbocycles. The van der Waals surface area contributed by atoms with Crippen molar-refractivity contribution in [2.24, 2.45) is 5.92 Å². The molecule has 1 aromatic heterocycles. The number of aromatic carboxylic acids is 1. The maximum absolute atomic E-state index is 12.0. The van der Waals surface area contributed by atoms with Crippen molar-refractivity contribution in [2.75, 3.05) is 20.3 Å². The molecule has 1 atom stereocenters. The zero-order valence-electron chi connectivity index (χ0n) is 11.0. The van der Waals surface area contributed by atoms with Gasteiger partial charge in [0.25, 0.3) is 0 Å². The lowest BCUT2D eigenvalue weighted by atomic mass is 10.2. The lowest BCUT2D eigenvalue weighted by Gasteiger charge is -2.10. The fourth-order valence-electron chi connectivity index (χ4n) is 1.46. The second-order valence-electron chi connectivity index (χ2n) is 4.30. The van der Waals surface area contributed by atoms with Crippen LogP contribution in [0.3, 0.4) is 0 Å². The van der Waals surface area contributed by atoms with Crippen molar-refractivity contribution in [1.29, 1.82) is 0 Å². The summed E-state index contributed by atoms with van der Waals surface area (Å²) >= 11 is 0.758. The molecule has 0 radical (unpaired) electrons. The number of rotatable bonds is 7. The van der Waals surface area contributed by atoms with Crippen LogP contribution < -0.4 is 4.72 Å². The lowest BCUT2D eigenvalue weighted by molar-refractivity contribution is 0.0701. The molecular formula is C11H17NO5S2. The topological polar surface area (TPSA) is 92.7 Å². The molecule has 2 N–H and O–H groups in total. The lowest BCUT2D eigenvalue weighted by Crippen LogP contribution is -2.29. The Labute approximate surface area is 116 Å².